The third-order valence-electron chi connectivity index (χ3n) is 3.92. The Morgan fingerprint density at radius 1 is 1.35 bits per heavy atom. The number of aromatic nitrogens is 1. The molecule has 2 heterocycles. The highest BCUT2D eigenvalue weighted by molar-refractivity contribution is 6.19. The third kappa shape index (κ3) is 3.28. The molecule has 7 heteroatoms. The van der Waals surface area contributed by atoms with Crippen molar-refractivity contribution >= 4 is 45.9 Å². The molecule has 7 nitrogen and oxygen atoms in total. The number of amides is 1. The van der Waals surface area contributed by atoms with Gasteiger partial charge >= 0.3 is 0 Å². The van der Waals surface area contributed by atoms with E-state index in [0.29, 0.717) is 29.0 Å². The van der Waals surface area contributed by atoms with Gasteiger partial charge < -0.3 is 15.8 Å². The van der Waals surface area contributed by atoms with E-state index in [-0.39, 0.29) is 23.3 Å². The number of nitrogens with one attached hydrogen (secondary N) is 1. The second-order valence-corrected chi connectivity index (χ2v) is 6.49. The molecule has 0 saturated heterocycles. The van der Waals surface area contributed by atoms with Gasteiger partial charge in [0.1, 0.15) is 5.69 Å². The average Bonchev–Trinajstić information content (AvgIpc) is 3.01. The highest BCUT2D eigenvalue weighted by atomic mass is 16.5. The number of pyridine rings is 1. The normalized spacial score (nSPS) is 12.3. The number of nitrogen functional groups attached to an aromatic ring is 1. The van der Waals surface area contributed by atoms with Crippen LogP contribution in [0.25, 0.3) is 10.9 Å². The molecule has 0 fully saturated rings. The number of rotatable bonds is 6. The lowest BCUT2D eigenvalue weighted by Crippen LogP contribution is -2.15. The zero-order chi connectivity index (χ0) is 18.8. The molecule has 134 valence electrons. The first-order chi connectivity index (χ1) is 12.4. The Morgan fingerprint density at radius 2 is 2.12 bits per heavy atom. The van der Waals surface area contributed by atoms with Crippen LogP contribution in [0.5, 0.6) is 0 Å². The molecule has 3 N–H and O–H groups in total. The van der Waals surface area contributed by atoms with Gasteiger partial charge in [0.25, 0.3) is 0 Å². The zero-order valence-electron chi connectivity index (χ0n) is 14.9. The van der Waals surface area contributed by atoms with Crippen molar-refractivity contribution in [3.05, 3.63) is 35.7 Å². The number of hydrogen-bond acceptors (Lipinski definition) is 6. The number of nitrogens with zero attached hydrogens (tertiary/aromatic N) is 2. The Morgan fingerprint density at radius 3 is 2.81 bits per heavy atom. The van der Waals surface area contributed by atoms with Gasteiger partial charge in [0, 0.05) is 29.7 Å². The van der Waals surface area contributed by atoms with Crippen LogP contribution < -0.4 is 11.1 Å². The van der Waals surface area contributed by atoms with Crippen LogP contribution in [0.3, 0.4) is 0 Å². The van der Waals surface area contributed by atoms with Gasteiger partial charge in [-0.3, -0.25) is 14.6 Å². The van der Waals surface area contributed by atoms with Crippen LogP contribution in [0.1, 0.15) is 36.3 Å². The van der Waals surface area contributed by atoms with E-state index in [0.717, 1.165) is 10.9 Å². The van der Waals surface area contributed by atoms with E-state index in [1.165, 1.54) is 19.4 Å². The van der Waals surface area contributed by atoms with Crippen molar-refractivity contribution in [3.8, 4) is 0 Å². The molecule has 3 rings (SSSR count). The van der Waals surface area contributed by atoms with Gasteiger partial charge in [-0.25, -0.2) is 4.98 Å². The van der Waals surface area contributed by atoms with Gasteiger partial charge in [-0.05, 0) is 18.1 Å². The molecule has 0 aliphatic carbocycles. The number of methoxy groups -OCH3 is 1. The van der Waals surface area contributed by atoms with Crippen LogP contribution in [-0.2, 0) is 9.53 Å². The van der Waals surface area contributed by atoms with E-state index in [1.807, 2.05) is 13.8 Å². The second kappa shape index (κ2) is 6.95. The van der Waals surface area contributed by atoms with E-state index in [4.69, 9.17) is 10.5 Å². The fraction of sp³-hybridized carbons (Fsp3) is 0.263. The molecular formula is C19H20N4O3. The molecule has 1 aliphatic heterocycles. The largest absolute Gasteiger partial charge is 0.504 e. The minimum atomic E-state index is -0.303. The summed E-state index contributed by atoms with van der Waals surface area (Å²) in [6, 6.07) is 3.29. The van der Waals surface area contributed by atoms with Crippen molar-refractivity contribution in [1.82, 2.24) is 4.98 Å². The predicted molar refractivity (Wildman–Crippen MR) is 102 cm³/mol. The second-order valence-electron chi connectivity index (χ2n) is 6.49. The molecule has 0 spiro atoms. The molecule has 2 aromatic rings. The van der Waals surface area contributed by atoms with Crippen LogP contribution in [-0.4, -0.2) is 30.0 Å². The van der Waals surface area contributed by atoms with E-state index in [1.54, 1.807) is 18.3 Å². The fourth-order valence-electron chi connectivity index (χ4n) is 2.83. The Bertz CT molecular complexity index is 961. The van der Waals surface area contributed by atoms with Crippen molar-refractivity contribution in [1.29, 1.82) is 0 Å². The number of benzene rings is 1. The average molecular weight is 352 g/mol. The van der Waals surface area contributed by atoms with Gasteiger partial charge in [0.05, 0.1) is 36.0 Å². The highest BCUT2D eigenvalue weighted by Gasteiger charge is 2.21. The number of hydrogen-bond donors (Lipinski definition) is 2. The summed E-state index contributed by atoms with van der Waals surface area (Å²) >= 11 is 0. The van der Waals surface area contributed by atoms with Crippen molar-refractivity contribution in [2.45, 2.75) is 20.3 Å². The zero-order valence-corrected chi connectivity index (χ0v) is 14.9. The number of ether oxygens (including phenoxy) is 1. The minimum Gasteiger partial charge on any atom is -0.504 e. The molecule has 1 aliphatic rings. The van der Waals surface area contributed by atoms with E-state index >= 15 is 0 Å². The van der Waals surface area contributed by atoms with Crippen molar-refractivity contribution in [2.24, 2.45) is 10.9 Å². The fourth-order valence-corrected chi connectivity index (χ4v) is 2.83. The molecule has 26 heavy (non-hydrogen) atoms. The summed E-state index contributed by atoms with van der Waals surface area (Å²) < 4.78 is 4.79. The molecule has 1 aromatic carbocycles. The van der Waals surface area contributed by atoms with Crippen LogP contribution in [0, 0.1) is 5.92 Å². The van der Waals surface area contributed by atoms with Crippen molar-refractivity contribution in [3.63, 3.8) is 0 Å². The smallest absolute Gasteiger partial charge is 0.224 e. The number of aliphatic imine (C=N–C) groups is 1. The Hall–Kier alpha value is -3.22. The molecule has 0 unspecified atom stereocenters. The molecule has 1 amide bonds. The number of carbonyl (C=O) groups excluding carboxylic acids is 2. The van der Waals surface area contributed by atoms with Crippen molar-refractivity contribution in [2.75, 3.05) is 18.2 Å². The van der Waals surface area contributed by atoms with E-state index in [2.05, 4.69) is 15.3 Å². The molecule has 0 atom stereocenters. The Kier molecular flexibility index (Phi) is 4.71. The number of nitrogens with two attached hydrogens (primary N) is 1. The summed E-state index contributed by atoms with van der Waals surface area (Å²) in [5.74, 6) is -0.215. The topological polar surface area (TPSA) is 107 Å². The molecular weight excluding hydrogens is 332 g/mol. The number of carbonyl (C=O) groups is 2. The lowest BCUT2D eigenvalue weighted by molar-refractivity contribution is -0.116. The summed E-state index contributed by atoms with van der Waals surface area (Å²) in [6.45, 7) is 3.93. The van der Waals surface area contributed by atoms with Gasteiger partial charge in [0.15, 0.2) is 0 Å². The summed E-state index contributed by atoms with van der Waals surface area (Å²) in [4.78, 5) is 33.3. The summed E-state index contributed by atoms with van der Waals surface area (Å²) in [5.41, 5.74) is 9.10. The van der Waals surface area contributed by atoms with Crippen molar-refractivity contribution < 1.29 is 14.3 Å². The first-order valence-corrected chi connectivity index (χ1v) is 8.25. The predicted octanol–water partition coefficient (Wildman–Crippen LogP) is 3.21. The van der Waals surface area contributed by atoms with E-state index < -0.39 is 0 Å². The summed E-state index contributed by atoms with van der Waals surface area (Å²) in [6.07, 6.45) is 4.61. The number of allylic oxidation sites excluding steroid dienone is 1. The number of anilines is 2. The Balaban J connectivity index is 2.12. The van der Waals surface area contributed by atoms with Gasteiger partial charge in [0.2, 0.25) is 11.7 Å². The maximum atomic E-state index is 12.3. The first kappa shape index (κ1) is 17.6. The number of ketones is 1. The van der Waals surface area contributed by atoms with Crippen LogP contribution in [0.2, 0.25) is 0 Å². The van der Waals surface area contributed by atoms with Crippen LogP contribution >= 0.6 is 0 Å². The third-order valence-corrected chi connectivity index (χ3v) is 3.92. The lowest BCUT2D eigenvalue weighted by atomic mass is 10.0. The van der Waals surface area contributed by atoms with Gasteiger partial charge in [-0.2, -0.15) is 0 Å². The summed E-state index contributed by atoms with van der Waals surface area (Å²) in [7, 11) is 1.46. The molecule has 0 radical (unpaired) electrons. The highest BCUT2D eigenvalue weighted by Crippen LogP contribution is 2.41. The molecule has 0 saturated carbocycles. The quantitative estimate of drug-likeness (QED) is 0.307. The molecule has 0 bridgehead atoms. The van der Waals surface area contributed by atoms with Crippen LogP contribution in [0.15, 0.2) is 29.5 Å². The van der Waals surface area contributed by atoms with Gasteiger partial charge in [-0.1, -0.05) is 13.8 Å². The van der Waals surface area contributed by atoms with Gasteiger partial charge in [-0.15, -0.1) is 0 Å². The monoisotopic (exact) mass is 352 g/mol. The SMILES string of the molecule is CO/C=C/C(=O)c1cc2c3c(c(N)cc(NC(=O)CC(C)C)c3n1)N=C2. The van der Waals surface area contributed by atoms with Crippen LogP contribution in [0.4, 0.5) is 17.1 Å². The Labute approximate surface area is 151 Å². The minimum absolute atomic E-state index is 0.132. The molecule has 1 aromatic heterocycles. The van der Waals surface area contributed by atoms with E-state index in [9.17, 15) is 9.59 Å². The standard InChI is InChI=1S/C19H20N4O3/c1-10(2)6-16(25)22-14-8-12(20)18-17-11(9-21-18)7-13(23-19(14)17)15(24)4-5-26-3/h4-5,7-10H,6,20H2,1-3H3,(H,22,25)/b5-4+. The summed E-state index contributed by atoms with van der Waals surface area (Å²) in [5, 5.41) is 3.59. The maximum absolute atomic E-state index is 12.3. The maximum Gasteiger partial charge on any atom is 0.224 e. The first-order valence-electron chi connectivity index (χ1n) is 8.25. The lowest BCUT2D eigenvalue weighted by Gasteiger charge is -2.13.